The van der Waals surface area contributed by atoms with Gasteiger partial charge in [-0.05, 0) is 31.2 Å². The maximum Gasteiger partial charge on any atom is 0.237 e. The normalized spacial score (nSPS) is 10.8. The fraction of sp³-hybridized carbons (Fsp3) is 0.125. The lowest BCUT2D eigenvalue weighted by atomic mass is 10.2. The number of hydrogen-bond acceptors (Lipinski definition) is 4. The molecular weight excluding hydrogens is 304 g/mol. The number of benzene rings is 2. The maximum absolute atomic E-state index is 5.97. The molecule has 3 nitrogen and oxygen atoms in total. The van der Waals surface area contributed by atoms with E-state index < -0.39 is 0 Å². The molecule has 106 valence electrons. The second kappa shape index (κ2) is 6.33. The van der Waals surface area contributed by atoms with Gasteiger partial charge in [-0.15, -0.1) is 11.8 Å². The minimum Gasteiger partial charge on any atom is -0.338 e. The lowest BCUT2D eigenvalue weighted by molar-refractivity contribution is 0.391. The summed E-state index contributed by atoms with van der Waals surface area (Å²) in [5.74, 6) is 1.82. The van der Waals surface area contributed by atoms with Gasteiger partial charge in [-0.1, -0.05) is 46.6 Å². The monoisotopic (exact) mass is 316 g/mol. The molecule has 0 radical (unpaired) electrons. The molecule has 3 aromatic rings. The van der Waals surface area contributed by atoms with Crippen LogP contribution in [0.2, 0.25) is 5.02 Å². The smallest absolute Gasteiger partial charge is 0.237 e. The third kappa shape index (κ3) is 3.65. The third-order valence-corrected chi connectivity index (χ3v) is 4.17. The van der Waals surface area contributed by atoms with Gasteiger partial charge in [-0.3, -0.25) is 0 Å². The Bertz CT molecular complexity index is 740. The molecule has 21 heavy (non-hydrogen) atoms. The number of rotatable bonds is 4. The summed E-state index contributed by atoms with van der Waals surface area (Å²) < 4.78 is 5.28. The predicted octanol–water partition coefficient (Wildman–Crippen LogP) is 4.99. The Morgan fingerprint density at radius 1 is 1.14 bits per heavy atom. The first-order chi connectivity index (χ1) is 10.2. The van der Waals surface area contributed by atoms with E-state index in [1.807, 2.05) is 24.3 Å². The van der Waals surface area contributed by atoms with Gasteiger partial charge in [-0.25, -0.2) is 0 Å². The highest BCUT2D eigenvalue weighted by Gasteiger charge is 2.09. The van der Waals surface area contributed by atoms with Crippen LogP contribution >= 0.6 is 23.4 Å². The van der Waals surface area contributed by atoms with Gasteiger partial charge in [0.25, 0.3) is 0 Å². The highest BCUT2D eigenvalue weighted by atomic mass is 35.5. The molecule has 1 aromatic heterocycles. The van der Waals surface area contributed by atoms with E-state index in [4.69, 9.17) is 16.1 Å². The van der Waals surface area contributed by atoms with Crippen LogP contribution in [0.15, 0.2) is 57.9 Å². The van der Waals surface area contributed by atoms with Crippen LogP contribution in [0.4, 0.5) is 0 Å². The Hall–Kier alpha value is -1.78. The zero-order valence-corrected chi connectivity index (χ0v) is 13.0. The zero-order valence-electron chi connectivity index (χ0n) is 11.4. The first-order valence-corrected chi connectivity index (χ1v) is 7.85. The molecule has 0 amide bonds. The van der Waals surface area contributed by atoms with Crippen LogP contribution in [-0.2, 0) is 5.75 Å². The van der Waals surface area contributed by atoms with E-state index >= 15 is 0 Å². The molecule has 0 saturated carbocycles. The fourth-order valence-electron chi connectivity index (χ4n) is 1.84. The number of thioether (sulfide) groups is 1. The summed E-state index contributed by atoms with van der Waals surface area (Å²) >= 11 is 7.64. The summed E-state index contributed by atoms with van der Waals surface area (Å²) in [5.41, 5.74) is 2.11. The SMILES string of the molecule is Cc1ccc(SCc2nc(-c3cccc(Cl)c3)no2)cc1. The van der Waals surface area contributed by atoms with Crippen molar-refractivity contribution in [3.8, 4) is 11.4 Å². The minimum absolute atomic E-state index is 0.567. The number of hydrogen-bond donors (Lipinski definition) is 0. The van der Waals surface area contributed by atoms with Gasteiger partial charge in [-0.2, -0.15) is 4.98 Å². The first kappa shape index (κ1) is 14.2. The van der Waals surface area contributed by atoms with E-state index in [1.54, 1.807) is 11.8 Å². The van der Waals surface area contributed by atoms with Gasteiger partial charge < -0.3 is 4.52 Å². The van der Waals surface area contributed by atoms with Crippen LogP contribution in [0.5, 0.6) is 0 Å². The van der Waals surface area contributed by atoms with Crippen LogP contribution < -0.4 is 0 Å². The summed E-state index contributed by atoms with van der Waals surface area (Å²) in [6, 6.07) is 15.8. The molecule has 2 aromatic carbocycles. The van der Waals surface area contributed by atoms with Crippen molar-refractivity contribution in [2.75, 3.05) is 0 Å². The Balaban J connectivity index is 1.69. The number of halogens is 1. The van der Waals surface area contributed by atoms with Crippen molar-refractivity contribution in [1.29, 1.82) is 0 Å². The quantitative estimate of drug-likeness (QED) is 0.636. The Morgan fingerprint density at radius 3 is 2.71 bits per heavy atom. The van der Waals surface area contributed by atoms with Crippen molar-refractivity contribution >= 4 is 23.4 Å². The molecule has 0 fully saturated rings. The molecule has 0 aliphatic rings. The summed E-state index contributed by atoms with van der Waals surface area (Å²) in [6.45, 7) is 2.07. The Kier molecular flexibility index (Phi) is 4.27. The van der Waals surface area contributed by atoms with Gasteiger partial charge in [0.1, 0.15) is 0 Å². The number of aryl methyl sites for hydroxylation is 1. The Labute approximate surface area is 132 Å². The molecule has 5 heteroatoms. The highest BCUT2D eigenvalue weighted by molar-refractivity contribution is 7.98. The summed E-state index contributed by atoms with van der Waals surface area (Å²) in [6.07, 6.45) is 0. The highest BCUT2D eigenvalue weighted by Crippen LogP contribution is 2.24. The molecule has 0 aliphatic carbocycles. The van der Waals surface area contributed by atoms with Crippen molar-refractivity contribution in [2.45, 2.75) is 17.6 Å². The molecule has 3 rings (SSSR count). The van der Waals surface area contributed by atoms with E-state index in [0.29, 0.717) is 22.5 Å². The average Bonchev–Trinajstić information content (AvgIpc) is 2.96. The number of aromatic nitrogens is 2. The van der Waals surface area contributed by atoms with Crippen molar-refractivity contribution in [2.24, 2.45) is 0 Å². The molecule has 0 spiro atoms. The van der Waals surface area contributed by atoms with Crippen LogP contribution in [0.3, 0.4) is 0 Å². The van der Waals surface area contributed by atoms with Gasteiger partial charge in [0.05, 0.1) is 5.75 Å². The fourth-order valence-corrected chi connectivity index (χ4v) is 2.76. The van der Waals surface area contributed by atoms with Crippen molar-refractivity contribution in [3.05, 3.63) is 65.0 Å². The second-order valence-corrected chi connectivity index (χ2v) is 6.11. The predicted molar refractivity (Wildman–Crippen MR) is 85.5 cm³/mol. The molecule has 0 atom stereocenters. The van der Waals surface area contributed by atoms with Gasteiger partial charge in [0.15, 0.2) is 0 Å². The second-order valence-electron chi connectivity index (χ2n) is 4.62. The topological polar surface area (TPSA) is 38.9 Å². The molecule has 1 heterocycles. The summed E-state index contributed by atoms with van der Waals surface area (Å²) in [5, 5.41) is 4.66. The van der Waals surface area contributed by atoms with E-state index in [-0.39, 0.29) is 0 Å². The van der Waals surface area contributed by atoms with Crippen molar-refractivity contribution in [1.82, 2.24) is 10.1 Å². The minimum atomic E-state index is 0.567. The lowest BCUT2D eigenvalue weighted by Crippen LogP contribution is -1.83. The molecule has 0 aliphatic heterocycles. The largest absolute Gasteiger partial charge is 0.338 e. The summed E-state index contributed by atoms with van der Waals surface area (Å²) in [4.78, 5) is 5.58. The third-order valence-electron chi connectivity index (χ3n) is 2.93. The first-order valence-electron chi connectivity index (χ1n) is 6.49. The van der Waals surface area contributed by atoms with Crippen molar-refractivity contribution < 1.29 is 4.52 Å². The number of nitrogens with zero attached hydrogens (tertiary/aromatic N) is 2. The van der Waals surface area contributed by atoms with E-state index in [2.05, 4.69) is 41.3 Å². The molecule has 0 N–H and O–H groups in total. The Morgan fingerprint density at radius 2 is 1.95 bits per heavy atom. The van der Waals surface area contributed by atoms with Gasteiger partial charge >= 0.3 is 0 Å². The van der Waals surface area contributed by atoms with Crippen molar-refractivity contribution in [3.63, 3.8) is 0 Å². The average molecular weight is 317 g/mol. The van der Waals surface area contributed by atoms with E-state index in [1.165, 1.54) is 10.5 Å². The van der Waals surface area contributed by atoms with Crippen LogP contribution in [0.1, 0.15) is 11.5 Å². The molecule has 0 bridgehead atoms. The molecule has 0 saturated heterocycles. The van der Waals surface area contributed by atoms with Gasteiger partial charge in [0, 0.05) is 15.5 Å². The maximum atomic E-state index is 5.97. The standard InChI is InChI=1S/C16H13ClN2OS/c1-11-5-7-14(8-6-11)21-10-15-18-16(19-20-15)12-3-2-4-13(17)9-12/h2-9H,10H2,1H3. The van der Waals surface area contributed by atoms with Crippen LogP contribution in [-0.4, -0.2) is 10.1 Å². The van der Waals surface area contributed by atoms with E-state index in [0.717, 1.165) is 5.56 Å². The lowest BCUT2D eigenvalue weighted by Gasteiger charge is -1.98. The summed E-state index contributed by atoms with van der Waals surface area (Å²) in [7, 11) is 0. The molecular formula is C16H13ClN2OS. The van der Waals surface area contributed by atoms with E-state index in [9.17, 15) is 0 Å². The van der Waals surface area contributed by atoms with Crippen LogP contribution in [0, 0.1) is 6.92 Å². The van der Waals surface area contributed by atoms with Crippen LogP contribution in [0.25, 0.3) is 11.4 Å². The molecule has 0 unspecified atom stereocenters. The van der Waals surface area contributed by atoms with Gasteiger partial charge in [0.2, 0.25) is 11.7 Å². The zero-order chi connectivity index (χ0) is 14.7.